The molecule has 0 spiro atoms. The molecule has 0 radical (unpaired) electrons. The molecular weight excluding hydrogens is 596 g/mol. The minimum atomic E-state index is -1.40. The van der Waals surface area contributed by atoms with Crippen molar-refractivity contribution < 1.29 is 34.2 Å². The van der Waals surface area contributed by atoms with Crippen LogP contribution in [0.2, 0.25) is 5.02 Å². The first kappa shape index (κ1) is 29.0. The molecule has 10 heteroatoms. The van der Waals surface area contributed by atoms with Crippen molar-refractivity contribution in [3.05, 3.63) is 107 Å². The molecule has 2 saturated heterocycles. The fraction of sp³-hybridized carbons (Fsp3) is 0.286. The third-order valence-corrected chi connectivity index (χ3v) is 10.3. The van der Waals surface area contributed by atoms with E-state index in [1.54, 1.807) is 36.4 Å². The number of benzene rings is 3. The van der Waals surface area contributed by atoms with Crippen LogP contribution in [-0.2, 0) is 29.4 Å². The van der Waals surface area contributed by atoms with Crippen LogP contribution in [0.1, 0.15) is 36.3 Å². The van der Waals surface area contributed by atoms with Gasteiger partial charge in [0, 0.05) is 17.5 Å². The Labute approximate surface area is 263 Å². The summed E-state index contributed by atoms with van der Waals surface area (Å²) in [4.78, 5) is 70.5. The molecule has 6 atom stereocenters. The molecule has 1 saturated carbocycles. The van der Waals surface area contributed by atoms with Crippen LogP contribution in [-0.4, -0.2) is 51.3 Å². The fourth-order valence-corrected chi connectivity index (χ4v) is 8.46. The maximum Gasteiger partial charge on any atom is 0.305 e. The second-order valence-electron chi connectivity index (χ2n) is 12.2. The molecule has 4 amide bonds. The summed E-state index contributed by atoms with van der Waals surface area (Å²) in [5.74, 6) is -6.39. The summed E-state index contributed by atoms with van der Waals surface area (Å²) in [6.45, 7) is -0.221. The van der Waals surface area contributed by atoms with Crippen LogP contribution < -0.4 is 4.90 Å². The van der Waals surface area contributed by atoms with Gasteiger partial charge in [0.25, 0.3) is 0 Å². The highest BCUT2D eigenvalue weighted by Crippen LogP contribution is 2.64. The molecule has 7 rings (SSSR count). The van der Waals surface area contributed by atoms with E-state index in [1.165, 1.54) is 17.0 Å². The number of imide groups is 2. The molecule has 2 N–H and O–H groups in total. The Morgan fingerprint density at radius 2 is 1.62 bits per heavy atom. The van der Waals surface area contributed by atoms with Crippen molar-refractivity contribution in [2.45, 2.75) is 30.6 Å². The Bertz CT molecular complexity index is 1790. The lowest BCUT2D eigenvalue weighted by Gasteiger charge is -2.50. The highest BCUT2D eigenvalue weighted by Gasteiger charge is 2.70. The zero-order chi connectivity index (χ0) is 31.6. The third kappa shape index (κ3) is 4.24. The van der Waals surface area contributed by atoms with Crippen LogP contribution in [0.4, 0.5) is 5.69 Å². The summed E-state index contributed by atoms with van der Waals surface area (Å²) in [7, 11) is 0. The summed E-state index contributed by atoms with van der Waals surface area (Å²) in [6.07, 6.45) is 1.97. The van der Waals surface area contributed by atoms with Gasteiger partial charge in [0.1, 0.15) is 5.75 Å². The predicted octanol–water partition coefficient (Wildman–Crippen LogP) is 4.68. The minimum absolute atomic E-state index is 0.0362. The first-order valence-corrected chi connectivity index (χ1v) is 15.3. The van der Waals surface area contributed by atoms with Crippen molar-refractivity contribution in [1.82, 2.24) is 4.90 Å². The molecule has 2 heterocycles. The van der Waals surface area contributed by atoms with Crippen LogP contribution in [0.15, 0.2) is 90.5 Å². The zero-order valence-corrected chi connectivity index (χ0v) is 24.8. The van der Waals surface area contributed by atoms with Crippen molar-refractivity contribution in [3.63, 3.8) is 0 Å². The lowest BCUT2D eigenvalue weighted by Crippen LogP contribution is -2.53. The van der Waals surface area contributed by atoms with Crippen molar-refractivity contribution in [3.8, 4) is 5.75 Å². The number of rotatable bonds is 6. The number of hydrogen-bond donors (Lipinski definition) is 2. The largest absolute Gasteiger partial charge is 0.508 e. The van der Waals surface area contributed by atoms with Gasteiger partial charge in [-0.25, -0.2) is 4.90 Å². The molecule has 2 aliphatic heterocycles. The van der Waals surface area contributed by atoms with Gasteiger partial charge in [-0.05, 0) is 60.2 Å². The monoisotopic (exact) mass is 624 g/mol. The number of aromatic hydroxyl groups is 1. The van der Waals surface area contributed by atoms with Crippen molar-refractivity contribution in [2.24, 2.45) is 23.7 Å². The SMILES string of the molecule is O=C(O)CCN1C(=O)[C@H]2[C@H](CC=C3[C@H]2C[C@H]2C(=O)N(c4cccc(Cl)c4)C(=O)[C@@]2(c2ccccc2)[C@H]3c2ccc(O)cc2)C1=O. The van der Waals surface area contributed by atoms with Crippen LogP contribution in [0.5, 0.6) is 5.75 Å². The smallest absolute Gasteiger partial charge is 0.305 e. The molecule has 4 aliphatic rings. The molecule has 0 bridgehead atoms. The van der Waals surface area contributed by atoms with E-state index < -0.39 is 64.6 Å². The third-order valence-electron chi connectivity index (χ3n) is 10.0. The van der Waals surface area contributed by atoms with E-state index in [0.29, 0.717) is 21.8 Å². The lowest BCUT2D eigenvalue weighted by atomic mass is 9.49. The van der Waals surface area contributed by atoms with E-state index in [-0.39, 0.29) is 31.6 Å². The number of aliphatic carboxylic acids is 1. The second-order valence-corrected chi connectivity index (χ2v) is 12.6. The highest BCUT2D eigenvalue weighted by molar-refractivity contribution is 6.32. The number of phenols is 1. The van der Waals surface area contributed by atoms with Crippen LogP contribution in [0, 0.1) is 23.7 Å². The normalized spacial score (nSPS) is 28.9. The molecule has 3 fully saturated rings. The Balaban J connectivity index is 1.44. The number of phenolic OH excluding ortho intramolecular Hbond substituents is 1. The number of nitrogens with zero attached hydrogens (tertiary/aromatic N) is 2. The van der Waals surface area contributed by atoms with E-state index in [9.17, 15) is 29.4 Å². The zero-order valence-electron chi connectivity index (χ0n) is 24.0. The number of carboxylic acids is 1. The number of carboxylic acid groups (broad SMARTS) is 1. The molecular formula is C35H29ClN2O7. The number of carbonyl (C=O) groups is 5. The van der Waals surface area contributed by atoms with E-state index in [4.69, 9.17) is 11.6 Å². The summed E-state index contributed by atoms with van der Waals surface area (Å²) in [5, 5.41) is 19.8. The molecule has 45 heavy (non-hydrogen) atoms. The Morgan fingerprint density at radius 1 is 0.889 bits per heavy atom. The molecule has 3 aromatic carbocycles. The van der Waals surface area contributed by atoms with Gasteiger partial charge < -0.3 is 10.2 Å². The Kier molecular flexibility index (Phi) is 6.89. The molecule has 228 valence electrons. The number of carbonyl (C=O) groups excluding carboxylic acids is 4. The standard InChI is InChI=1S/C35H29ClN2O7/c36-21-7-4-8-22(17-21)38-32(43)27-18-26-24(13-14-25-29(26)33(44)37(31(25)42)16-15-28(40)41)30(19-9-11-23(39)12-10-19)35(27,34(38)45)20-5-2-1-3-6-20/h1-13,17,25-27,29-30,39H,14-16,18H2,(H,40,41)/t25-,26+,27-,29-,30-,35+/m0/s1. The van der Waals surface area contributed by atoms with E-state index >= 15 is 4.79 Å². The number of allylic oxidation sites excluding steroid dienone is 2. The molecule has 0 unspecified atom stereocenters. The lowest BCUT2D eigenvalue weighted by molar-refractivity contribution is -0.142. The highest BCUT2D eigenvalue weighted by atomic mass is 35.5. The first-order chi connectivity index (χ1) is 21.6. The number of fused-ring (bicyclic) bond motifs is 4. The van der Waals surface area contributed by atoms with Crippen LogP contribution in [0.25, 0.3) is 0 Å². The van der Waals surface area contributed by atoms with Crippen LogP contribution >= 0.6 is 11.6 Å². The van der Waals surface area contributed by atoms with Gasteiger partial charge in [0.15, 0.2) is 0 Å². The fourth-order valence-electron chi connectivity index (χ4n) is 8.28. The minimum Gasteiger partial charge on any atom is -0.508 e. The Morgan fingerprint density at radius 3 is 2.31 bits per heavy atom. The van der Waals surface area contributed by atoms with E-state index in [2.05, 4.69) is 0 Å². The van der Waals surface area contributed by atoms with Crippen molar-refractivity contribution in [2.75, 3.05) is 11.4 Å². The quantitative estimate of drug-likeness (QED) is 0.301. The van der Waals surface area contributed by atoms with Gasteiger partial charge in [-0.15, -0.1) is 0 Å². The van der Waals surface area contributed by atoms with Crippen molar-refractivity contribution in [1.29, 1.82) is 0 Å². The Hall–Kier alpha value is -4.76. The summed E-state index contributed by atoms with van der Waals surface area (Å²) < 4.78 is 0. The summed E-state index contributed by atoms with van der Waals surface area (Å²) >= 11 is 6.32. The average Bonchev–Trinajstić information content (AvgIpc) is 3.41. The molecule has 2 aliphatic carbocycles. The predicted molar refractivity (Wildman–Crippen MR) is 163 cm³/mol. The maximum absolute atomic E-state index is 15.1. The summed E-state index contributed by atoms with van der Waals surface area (Å²) in [5.41, 5.74) is 1.06. The molecule has 9 nitrogen and oxygen atoms in total. The van der Waals surface area contributed by atoms with Gasteiger partial charge in [-0.3, -0.25) is 28.9 Å². The average molecular weight is 625 g/mol. The van der Waals surface area contributed by atoms with Gasteiger partial charge in [0.05, 0.1) is 35.3 Å². The van der Waals surface area contributed by atoms with Gasteiger partial charge in [0.2, 0.25) is 23.6 Å². The van der Waals surface area contributed by atoms with E-state index in [1.807, 2.05) is 36.4 Å². The van der Waals surface area contributed by atoms with Gasteiger partial charge >= 0.3 is 5.97 Å². The molecule has 0 aromatic heterocycles. The molecule has 3 aromatic rings. The number of halogens is 1. The van der Waals surface area contributed by atoms with Gasteiger partial charge in [-0.1, -0.05) is 71.8 Å². The number of hydrogen-bond acceptors (Lipinski definition) is 6. The number of amides is 4. The number of likely N-dealkylation sites (tertiary alicyclic amines) is 1. The van der Waals surface area contributed by atoms with Crippen LogP contribution in [0.3, 0.4) is 0 Å². The van der Waals surface area contributed by atoms with Gasteiger partial charge in [-0.2, -0.15) is 0 Å². The van der Waals surface area contributed by atoms with E-state index in [0.717, 1.165) is 10.5 Å². The van der Waals surface area contributed by atoms with Crippen molar-refractivity contribution >= 4 is 46.9 Å². The maximum atomic E-state index is 15.1. The topological polar surface area (TPSA) is 132 Å². The second kappa shape index (κ2) is 10.7. The summed E-state index contributed by atoms with van der Waals surface area (Å²) in [6, 6.07) is 22.3. The first-order valence-electron chi connectivity index (χ1n) is 14.9. The number of anilines is 1.